The molecule has 2 heterocycles. The lowest BCUT2D eigenvalue weighted by Gasteiger charge is -2.20. The number of pyridine rings is 1. The molecule has 0 atom stereocenters. The van der Waals surface area contributed by atoms with Gasteiger partial charge in [0.1, 0.15) is 0 Å². The molecule has 1 fully saturated rings. The van der Waals surface area contributed by atoms with Gasteiger partial charge in [-0.05, 0) is 43.2 Å². The van der Waals surface area contributed by atoms with Crippen molar-refractivity contribution in [1.82, 2.24) is 8.87 Å². The molecule has 1 N–H and O–H groups in total. The molecule has 27 heavy (non-hydrogen) atoms. The highest BCUT2D eigenvalue weighted by Gasteiger charge is 2.25. The molecule has 0 aliphatic carbocycles. The molecule has 8 heteroatoms. The van der Waals surface area contributed by atoms with Gasteiger partial charge in [-0.2, -0.15) is 4.31 Å². The molecule has 1 aromatic heterocycles. The lowest BCUT2D eigenvalue weighted by molar-refractivity contribution is 0.102. The minimum Gasteiger partial charge on any atom is -0.322 e. The van der Waals surface area contributed by atoms with Crippen molar-refractivity contribution < 1.29 is 13.2 Å². The highest BCUT2D eigenvalue weighted by atomic mass is 32.2. The number of aryl methyl sites for hydroxylation is 1. The molecule has 2 aromatic rings. The fourth-order valence-corrected chi connectivity index (χ4v) is 4.55. The van der Waals surface area contributed by atoms with E-state index in [1.165, 1.54) is 33.3 Å². The quantitative estimate of drug-likeness (QED) is 0.868. The Morgan fingerprint density at radius 1 is 1.00 bits per heavy atom. The molecule has 0 bridgehead atoms. The summed E-state index contributed by atoms with van der Waals surface area (Å²) in [5.74, 6) is -0.421. The van der Waals surface area contributed by atoms with Crippen LogP contribution in [0.2, 0.25) is 0 Å². The largest absolute Gasteiger partial charge is 0.322 e. The average Bonchev–Trinajstić information content (AvgIpc) is 2.94. The Morgan fingerprint density at radius 3 is 2.22 bits per heavy atom. The highest BCUT2D eigenvalue weighted by molar-refractivity contribution is 7.89. The van der Waals surface area contributed by atoms with Gasteiger partial charge in [0.15, 0.2) is 0 Å². The number of amides is 1. The molecule has 1 aliphatic heterocycles. The van der Waals surface area contributed by atoms with Gasteiger partial charge in [-0.1, -0.05) is 12.8 Å². The summed E-state index contributed by atoms with van der Waals surface area (Å²) in [5, 5.41) is 2.68. The third kappa shape index (κ3) is 4.45. The first-order valence-corrected chi connectivity index (χ1v) is 10.4. The number of rotatable bonds is 4. The van der Waals surface area contributed by atoms with E-state index >= 15 is 0 Å². The van der Waals surface area contributed by atoms with E-state index in [9.17, 15) is 18.0 Å². The molecule has 0 radical (unpaired) electrons. The summed E-state index contributed by atoms with van der Waals surface area (Å²) >= 11 is 0. The predicted octanol–water partition coefficient (Wildman–Crippen LogP) is 2.20. The zero-order valence-electron chi connectivity index (χ0n) is 15.2. The van der Waals surface area contributed by atoms with Gasteiger partial charge in [0, 0.05) is 43.7 Å². The summed E-state index contributed by atoms with van der Waals surface area (Å²) in [6.45, 7) is 1.09. The lowest BCUT2D eigenvalue weighted by Crippen LogP contribution is -2.31. The Labute approximate surface area is 158 Å². The van der Waals surface area contributed by atoms with E-state index in [4.69, 9.17) is 0 Å². The van der Waals surface area contributed by atoms with Crippen molar-refractivity contribution in [3.8, 4) is 0 Å². The van der Waals surface area contributed by atoms with Crippen molar-refractivity contribution in [2.45, 2.75) is 30.6 Å². The minimum atomic E-state index is -3.52. The highest BCUT2D eigenvalue weighted by Crippen LogP contribution is 2.22. The SMILES string of the molecule is Cn1ccc(C(=O)Nc2ccc(S(=O)(=O)N3CCCCCC3)cc2)cc1=O. The second-order valence-corrected chi connectivity index (χ2v) is 8.60. The summed E-state index contributed by atoms with van der Waals surface area (Å²) in [6, 6.07) is 8.93. The van der Waals surface area contributed by atoms with Crippen molar-refractivity contribution in [3.63, 3.8) is 0 Å². The molecule has 0 spiro atoms. The van der Waals surface area contributed by atoms with E-state index in [0.717, 1.165) is 25.7 Å². The van der Waals surface area contributed by atoms with Gasteiger partial charge < -0.3 is 9.88 Å². The molecule has 7 nitrogen and oxygen atoms in total. The van der Waals surface area contributed by atoms with Crippen molar-refractivity contribution in [2.75, 3.05) is 18.4 Å². The number of hydrogen-bond acceptors (Lipinski definition) is 4. The average molecular weight is 389 g/mol. The fraction of sp³-hybridized carbons (Fsp3) is 0.368. The molecular weight excluding hydrogens is 366 g/mol. The number of carbonyl (C=O) groups excluding carboxylic acids is 1. The summed E-state index contributed by atoms with van der Waals surface area (Å²) in [4.78, 5) is 24.1. The Morgan fingerprint density at radius 2 is 1.63 bits per heavy atom. The number of benzene rings is 1. The van der Waals surface area contributed by atoms with Crippen molar-refractivity contribution >= 4 is 21.6 Å². The maximum absolute atomic E-state index is 12.8. The second-order valence-electron chi connectivity index (χ2n) is 6.66. The Hall–Kier alpha value is -2.45. The van der Waals surface area contributed by atoms with E-state index in [0.29, 0.717) is 18.8 Å². The Kier molecular flexibility index (Phi) is 5.76. The molecule has 1 aliphatic rings. The monoisotopic (exact) mass is 389 g/mol. The maximum atomic E-state index is 12.8. The molecule has 0 unspecified atom stereocenters. The van der Waals surface area contributed by atoms with Crippen LogP contribution >= 0.6 is 0 Å². The number of anilines is 1. The van der Waals surface area contributed by atoms with Crippen LogP contribution in [0.25, 0.3) is 0 Å². The maximum Gasteiger partial charge on any atom is 0.255 e. The first-order valence-electron chi connectivity index (χ1n) is 8.96. The van der Waals surface area contributed by atoms with Crippen LogP contribution in [-0.4, -0.2) is 36.3 Å². The normalized spacial score (nSPS) is 15.9. The summed E-state index contributed by atoms with van der Waals surface area (Å²) in [5.41, 5.74) is 0.441. The van der Waals surface area contributed by atoms with Gasteiger partial charge >= 0.3 is 0 Å². The summed E-state index contributed by atoms with van der Waals surface area (Å²) < 4.78 is 28.4. The van der Waals surface area contributed by atoms with Crippen LogP contribution in [0.15, 0.2) is 52.3 Å². The van der Waals surface area contributed by atoms with E-state index in [1.807, 2.05) is 0 Å². The molecule has 1 amide bonds. The standard InChI is InChI=1S/C19H23N3O4S/c1-21-13-10-15(14-18(21)23)19(24)20-16-6-8-17(9-7-16)27(25,26)22-11-4-2-3-5-12-22/h6-10,13-14H,2-5,11-12H2,1H3,(H,20,24). The van der Waals surface area contributed by atoms with Crippen LogP contribution in [0.4, 0.5) is 5.69 Å². The van der Waals surface area contributed by atoms with Crippen LogP contribution in [0.3, 0.4) is 0 Å². The number of nitrogens with zero attached hydrogens (tertiary/aromatic N) is 2. The molecule has 0 saturated carbocycles. The van der Waals surface area contributed by atoms with Gasteiger partial charge in [0.2, 0.25) is 10.0 Å². The third-order valence-corrected chi connectivity index (χ3v) is 6.59. The van der Waals surface area contributed by atoms with Crippen LogP contribution < -0.4 is 10.9 Å². The van der Waals surface area contributed by atoms with E-state index in [2.05, 4.69) is 5.32 Å². The molecule has 144 valence electrons. The third-order valence-electron chi connectivity index (χ3n) is 4.68. The van der Waals surface area contributed by atoms with Gasteiger partial charge in [-0.15, -0.1) is 0 Å². The smallest absolute Gasteiger partial charge is 0.255 e. The number of sulfonamides is 1. The lowest BCUT2D eigenvalue weighted by atomic mass is 10.2. The summed E-state index contributed by atoms with van der Waals surface area (Å²) in [6.07, 6.45) is 5.39. The van der Waals surface area contributed by atoms with Crippen LogP contribution in [0.5, 0.6) is 0 Å². The van der Waals surface area contributed by atoms with Gasteiger partial charge in [-0.25, -0.2) is 8.42 Å². The molecular formula is C19H23N3O4S. The van der Waals surface area contributed by atoms with Crippen LogP contribution in [-0.2, 0) is 17.1 Å². The van der Waals surface area contributed by atoms with Gasteiger partial charge in [0.05, 0.1) is 4.90 Å². The predicted molar refractivity (Wildman–Crippen MR) is 103 cm³/mol. The second kappa shape index (κ2) is 8.06. The van der Waals surface area contributed by atoms with Gasteiger partial charge in [-0.3, -0.25) is 9.59 Å². The Balaban J connectivity index is 1.73. The first-order chi connectivity index (χ1) is 12.9. The van der Waals surface area contributed by atoms with Crippen LogP contribution in [0.1, 0.15) is 36.0 Å². The molecule has 1 saturated heterocycles. The van der Waals surface area contributed by atoms with E-state index < -0.39 is 15.9 Å². The number of carbonyl (C=O) groups is 1. The molecule has 1 aromatic carbocycles. The first kappa shape index (κ1) is 19.3. The van der Waals surface area contributed by atoms with Gasteiger partial charge in [0.25, 0.3) is 11.5 Å². The van der Waals surface area contributed by atoms with Crippen molar-refractivity contribution in [2.24, 2.45) is 7.05 Å². The number of nitrogens with one attached hydrogen (secondary N) is 1. The topological polar surface area (TPSA) is 88.5 Å². The summed E-state index contributed by atoms with van der Waals surface area (Å²) in [7, 11) is -1.91. The van der Waals surface area contributed by atoms with Crippen molar-refractivity contribution in [3.05, 3.63) is 58.5 Å². The Bertz CT molecular complexity index is 973. The van der Waals surface area contributed by atoms with E-state index in [1.54, 1.807) is 25.2 Å². The van der Waals surface area contributed by atoms with E-state index in [-0.39, 0.29) is 16.0 Å². The zero-order valence-corrected chi connectivity index (χ0v) is 16.0. The van der Waals surface area contributed by atoms with Crippen molar-refractivity contribution in [1.29, 1.82) is 0 Å². The number of aromatic nitrogens is 1. The number of hydrogen-bond donors (Lipinski definition) is 1. The zero-order chi connectivity index (χ0) is 19.4. The van der Waals surface area contributed by atoms with Crippen LogP contribution in [0, 0.1) is 0 Å². The molecule has 3 rings (SSSR count). The fourth-order valence-electron chi connectivity index (χ4n) is 3.03. The minimum absolute atomic E-state index is 0.218.